The van der Waals surface area contributed by atoms with Crippen molar-refractivity contribution in [2.75, 3.05) is 10.8 Å². The molecule has 0 radical (unpaired) electrons. The van der Waals surface area contributed by atoms with Crippen LogP contribution in [0.1, 0.15) is 12.6 Å². The van der Waals surface area contributed by atoms with E-state index < -0.39 is 10.0 Å². The molecule has 21 heavy (non-hydrogen) atoms. The minimum atomic E-state index is -3.86. The van der Waals surface area contributed by atoms with E-state index in [9.17, 15) is 8.42 Å². The molecule has 0 amide bonds. The van der Waals surface area contributed by atoms with E-state index in [1.54, 1.807) is 26.0 Å². The van der Waals surface area contributed by atoms with Crippen LogP contribution in [0.15, 0.2) is 35.2 Å². The molecule has 0 atom stereocenters. The van der Waals surface area contributed by atoms with Crippen LogP contribution in [-0.2, 0) is 10.0 Å². The van der Waals surface area contributed by atoms with Crippen molar-refractivity contribution in [2.24, 2.45) is 0 Å². The molecule has 2 aromatic rings. The third-order valence-electron chi connectivity index (χ3n) is 2.79. The van der Waals surface area contributed by atoms with E-state index in [0.717, 1.165) is 4.31 Å². The number of hydrogen-bond acceptors (Lipinski definition) is 4. The number of aryl methyl sites for hydroxylation is 1. The summed E-state index contributed by atoms with van der Waals surface area (Å²) in [6, 6.07) is 7.60. The van der Waals surface area contributed by atoms with E-state index in [-0.39, 0.29) is 22.3 Å². The number of rotatable bonds is 4. The monoisotopic (exact) mass is 345 g/mol. The van der Waals surface area contributed by atoms with Crippen LogP contribution < -0.4 is 4.31 Å². The maximum Gasteiger partial charge on any atom is 0.267 e. The van der Waals surface area contributed by atoms with E-state index in [1.807, 2.05) is 0 Å². The lowest BCUT2D eigenvalue weighted by Gasteiger charge is -2.22. The summed E-state index contributed by atoms with van der Waals surface area (Å²) in [5.41, 5.74) is 0.702. The fourth-order valence-corrected chi connectivity index (χ4v) is 3.93. The summed E-state index contributed by atoms with van der Waals surface area (Å²) >= 11 is 11.9. The first kappa shape index (κ1) is 16.0. The maximum atomic E-state index is 12.7. The van der Waals surface area contributed by atoms with Gasteiger partial charge in [0.05, 0.1) is 10.7 Å². The Morgan fingerprint density at radius 1 is 1.14 bits per heavy atom. The number of benzene rings is 1. The van der Waals surface area contributed by atoms with Crippen molar-refractivity contribution in [3.63, 3.8) is 0 Å². The number of anilines is 1. The second-order valence-electron chi connectivity index (χ2n) is 4.28. The van der Waals surface area contributed by atoms with Crippen molar-refractivity contribution >= 4 is 39.0 Å². The summed E-state index contributed by atoms with van der Waals surface area (Å²) in [4.78, 5) is -0.0547. The van der Waals surface area contributed by atoms with Crippen molar-refractivity contribution in [2.45, 2.75) is 18.7 Å². The van der Waals surface area contributed by atoms with Crippen LogP contribution in [-0.4, -0.2) is 25.2 Å². The van der Waals surface area contributed by atoms with Gasteiger partial charge in [-0.05, 0) is 44.2 Å². The van der Waals surface area contributed by atoms with Gasteiger partial charge in [-0.25, -0.2) is 12.7 Å². The molecule has 1 aromatic heterocycles. The Kier molecular flexibility index (Phi) is 4.70. The van der Waals surface area contributed by atoms with Gasteiger partial charge in [0.2, 0.25) is 0 Å². The van der Waals surface area contributed by atoms with Gasteiger partial charge in [-0.15, -0.1) is 5.10 Å². The molecule has 5 nitrogen and oxygen atoms in total. The molecule has 0 fully saturated rings. The Morgan fingerprint density at radius 3 is 2.43 bits per heavy atom. The van der Waals surface area contributed by atoms with Gasteiger partial charge in [-0.2, -0.15) is 5.10 Å². The van der Waals surface area contributed by atoms with Crippen molar-refractivity contribution in [1.82, 2.24) is 10.2 Å². The summed E-state index contributed by atoms with van der Waals surface area (Å²) in [5.74, 6) is 0.235. The van der Waals surface area contributed by atoms with Gasteiger partial charge in [0.1, 0.15) is 4.90 Å². The van der Waals surface area contributed by atoms with Crippen LogP contribution in [0.2, 0.25) is 10.0 Å². The zero-order valence-electron chi connectivity index (χ0n) is 11.4. The smallest absolute Gasteiger partial charge is 0.248 e. The summed E-state index contributed by atoms with van der Waals surface area (Å²) in [7, 11) is -3.86. The van der Waals surface area contributed by atoms with Gasteiger partial charge in [-0.3, -0.25) is 0 Å². The maximum absolute atomic E-state index is 12.7. The molecule has 0 bridgehead atoms. The number of aromatic nitrogens is 2. The van der Waals surface area contributed by atoms with Crippen LogP contribution in [0, 0.1) is 6.92 Å². The highest BCUT2D eigenvalue weighted by atomic mass is 35.5. The molecule has 0 aliphatic heterocycles. The minimum Gasteiger partial charge on any atom is -0.248 e. The van der Waals surface area contributed by atoms with Crippen molar-refractivity contribution in [1.29, 1.82) is 0 Å². The summed E-state index contributed by atoms with van der Waals surface area (Å²) in [6.45, 7) is 3.68. The van der Waals surface area contributed by atoms with Crippen molar-refractivity contribution < 1.29 is 8.42 Å². The zero-order valence-corrected chi connectivity index (χ0v) is 13.7. The Balaban J connectivity index is 2.54. The lowest BCUT2D eigenvalue weighted by atomic mass is 10.4. The average molecular weight is 346 g/mol. The molecule has 0 N–H and O–H groups in total. The standard InChI is InChI=1S/C13H13Cl2N3O2S/c1-3-18(13-7-4-9(2)16-17-13)21(19,20)12-8-10(14)5-6-11(12)15/h4-8H,3H2,1-2H3. The topological polar surface area (TPSA) is 63.2 Å². The van der Waals surface area contributed by atoms with Gasteiger partial charge < -0.3 is 0 Å². The van der Waals surface area contributed by atoms with Crippen molar-refractivity contribution in [3.05, 3.63) is 46.1 Å². The molecular formula is C13H13Cl2N3O2S. The molecule has 0 saturated carbocycles. The van der Waals surface area contributed by atoms with Gasteiger partial charge in [0.25, 0.3) is 10.0 Å². The molecule has 1 heterocycles. The molecule has 112 valence electrons. The summed E-state index contributed by atoms with van der Waals surface area (Å²) < 4.78 is 26.6. The van der Waals surface area contributed by atoms with Crippen LogP contribution in [0.3, 0.4) is 0 Å². The predicted octanol–water partition coefficient (Wildman–Crippen LogP) is 3.31. The van der Waals surface area contributed by atoms with Crippen molar-refractivity contribution in [3.8, 4) is 0 Å². The van der Waals surface area contributed by atoms with E-state index in [1.165, 1.54) is 18.2 Å². The quantitative estimate of drug-likeness (QED) is 0.852. The average Bonchev–Trinajstić information content (AvgIpc) is 2.44. The fraction of sp³-hybridized carbons (Fsp3) is 0.231. The molecule has 0 aliphatic carbocycles. The highest BCUT2D eigenvalue weighted by Crippen LogP contribution is 2.29. The highest BCUT2D eigenvalue weighted by Gasteiger charge is 2.27. The number of halogens is 2. The van der Waals surface area contributed by atoms with E-state index in [0.29, 0.717) is 10.7 Å². The first-order chi connectivity index (χ1) is 9.86. The van der Waals surface area contributed by atoms with Crippen LogP contribution in [0.5, 0.6) is 0 Å². The van der Waals surface area contributed by atoms with Crippen LogP contribution in [0.4, 0.5) is 5.82 Å². The first-order valence-electron chi connectivity index (χ1n) is 6.14. The Morgan fingerprint density at radius 2 is 1.86 bits per heavy atom. The lowest BCUT2D eigenvalue weighted by Crippen LogP contribution is -2.32. The van der Waals surface area contributed by atoms with Gasteiger partial charge >= 0.3 is 0 Å². The molecule has 0 aliphatic rings. The second-order valence-corrected chi connectivity index (χ2v) is 6.95. The largest absolute Gasteiger partial charge is 0.267 e. The number of sulfonamides is 1. The molecule has 0 saturated heterocycles. The Hall–Kier alpha value is -1.37. The third-order valence-corrected chi connectivity index (χ3v) is 5.38. The minimum absolute atomic E-state index is 0.0547. The molecular weight excluding hydrogens is 333 g/mol. The molecule has 1 aromatic carbocycles. The van der Waals surface area contributed by atoms with Gasteiger partial charge in [-0.1, -0.05) is 23.2 Å². The zero-order chi connectivity index (χ0) is 15.6. The molecule has 0 unspecified atom stereocenters. The van der Waals surface area contributed by atoms with Crippen LogP contribution >= 0.6 is 23.2 Å². The van der Waals surface area contributed by atoms with Crippen LogP contribution in [0.25, 0.3) is 0 Å². The SMILES string of the molecule is CCN(c1ccc(C)nn1)S(=O)(=O)c1cc(Cl)ccc1Cl. The fourth-order valence-electron chi connectivity index (χ4n) is 1.77. The first-order valence-corrected chi connectivity index (χ1v) is 8.34. The lowest BCUT2D eigenvalue weighted by molar-refractivity contribution is 0.591. The number of hydrogen-bond donors (Lipinski definition) is 0. The van der Waals surface area contributed by atoms with Gasteiger partial charge in [0.15, 0.2) is 5.82 Å². The Bertz CT molecular complexity index is 749. The molecule has 2 rings (SSSR count). The normalized spacial score (nSPS) is 11.4. The van der Waals surface area contributed by atoms with E-state index >= 15 is 0 Å². The third kappa shape index (κ3) is 3.28. The summed E-state index contributed by atoms with van der Waals surface area (Å²) in [6.07, 6.45) is 0. The van der Waals surface area contributed by atoms with Gasteiger partial charge in [0, 0.05) is 11.6 Å². The molecule has 8 heteroatoms. The highest BCUT2D eigenvalue weighted by molar-refractivity contribution is 7.93. The Labute approximate surface area is 133 Å². The van der Waals surface area contributed by atoms with E-state index in [2.05, 4.69) is 10.2 Å². The second kappa shape index (κ2) is 6.17. The summed E-state index contributed by atoms with van der Waals surface area (Å²) in [5, 5.41) is 8.20. The van der Waals surface area contributed by atoms with E-state index in [4.69, 9.17) is 23.2 Å². The predicted molar refractivity (Wildman–Crippen MR) is 83.4 cm³/mol. The number of nitrogens with zero attached hydrogens (tertiary/aromatic N) is 3. The molecule has 0 spiro atoms.